The van der Waals surface area contributed by atoms with E-state index in [1.54, 1.807) is 0 Å². The van der Waals surface area contributed by atoms with E-state index >= 15 is 0 Å². The Morgan fingerprint density at radius 3 is 2.47 bits per heavy atom. The van der Waals surface area contributed by atoms with E-state index in [-0.39, 0.29) is 24.0 Å². The zero-order valence-corrected chi connectivity index (χ0v) is 11.4. The maximum atomic E-state index is 11.6. The maximum Gasteiger partial charge on any atom is 0.220 e. The Hall–Kier alpha value is -0.900. The summed E-state index contributed by atoms with van der Waals surface area (Å²) in [6.45, 7) is 8.56. The van der Waals surface area contributed by atoms with Crippen molar-refractivity contribution < 1.29 is 14.3 Å². The van der Waals surface area contributed by atoms with Gasteiger partial charge >= 0.3 is 0 Å². The van der Waals surface area contributed by atoms with Crippen LogP contribution >= 0.6 is 0 Å². The van der Waals surface area contributed by atoms with Crippen LogP contribution in [0.2, 0.25) is 0 Å². The smallest absolute Gasteiger partial charge is 0.220 e. The van der Waals surface area contributed by atoms with E-state index in [2.05, 4.69) is 12.2 Å². The fourth-order valence-electron chi connectivity index (χ4n) is 1.35. The van der Waals surface area contributed by atoms with Crippen molar-refractivity contribution in [3.8, 4) is 0 Å². The molecule has 0 saturated carbocycles. The molecule has 0 heterocycles. The van der Waals surface area contributed by atoms with Crippen LogP contribution in [-0.4, -0.2) is 30.9 Å². The molecule has 100 valence electrons. The van der Waals surface area contributed by atoms with Gasteiger partial charge in [0, 0.05) is 13.0 Å². The van der Waals surface area contributed by atoms with Gasteiger partial charge < -0.3 is 14.8 Å². The highest BCUT2D eigenvalue weighted by molar-refractivity contribution is 5.79. The Bertz CT molecular complexity index is 229. The van der Waals surface area contributed by atoms with Crippen LogP contribution < -0.4 is 5.32 Å². The van der Waals surface area contributed by atoms with Crippen LogP contribution in [-0.2, 0) is 14.3 Å². The highest BCUT2D eigenvalue weighted by Gasteiger charge is 2.15. The van der Waals surface area contributed by atoms with Crippen LogP contribution in [0.15, 0.2) is 0 Å². The Kier molecular flexibility index (Phi) is 8.68. The largest absolute Gasteiger partial charge is 0.379 e. The van der Waals surface area contributed by atoms with Gasteiger partial charge in [0.1, 0.15) is 6.29 Å². The zero-order valence-electron chi connectivity index (χ0n) is 11.4. The molecule has 0 aliphatic rings. The fraction of sp³-hybridized carbons (Fsp3) is 0.846. The Balaban J connectivity index is 3.82. The summed E-state index contributed by atoms with van der Waals surface area (Å²) in [5.41, 5.74) is 0. The second kappa shape index (κ2) is 9.16. The van der Waals surface area contributed by atoms with Gasteiger partial charge in [-0.15, -0.1) is 0 Å². The van der Waals surface area contributed by atoms with Gasteiger partial charge in [0.15, 0.2) is 0 Å². The molecule has 17 heavy (non-hydrogen) atoms. The molecule has 2 atom stereocenters. The fourth-order valence-corrected chi connectivity index (χ4v) is 1.35. The summed E-state index contributed by atoms with van der Waals surface area (Å²) in [7, 11) is 0. The number of rotatable bonds is 9. The van der Waals surface area contributed by atoms with E-state index in [1.165, 1.54) is 0 Å². The SMILES string of the molecule is CCCOC(C)CCC(=O)NC(C=O)C(C)C. The summed E-state index contributed by atoms with van der Waals surface area (Å²) in [5, 5.41) is 2.72. The zero-order chi connectivity index (χ0) is 13.3. The van der Waals surface area contributed by atoms with Crippen molar-refractivity contribution in [3.63, 3.8) is 0 Å². The van der Waals surface area contributed by atoms with Gasteiger partial charge in [-0.25, -0.2) is 0 Å². The minimum atomic E-state index is -0.380. The van der Waals surface area contributed by atoms with Gasteiger partial charge in [-0.2, -0.15) is 0 Å². The van der Waals surface area contributed by atoms with Gasteiger partial charge in [0.2, 0.25) is 5.91 Å². The normalized spacial score (nSPS) is 14.4. The van der Waals surface area contributed by atoms with E-state index in [9.17, 15) is 9.59 Å². The van der Waals surface area contributed by atoms with Gasteiger partial charge in [-0.05, 0) is 25.7 Å². The molecule has 0 radical (unpaired) electrons. The molecule has 0 aliphatic carbocycles. The lowest BCUT2D eigenvalue weighted by molar-refractivity contribution is -0.125. The lowest BCUT2D eigenvalue weighted by Crippen LogP contribution is -2.39. The lowest BCUT2D eigenvalue weighted by Gasteiger charge is -2.17. The highest BCUT2D eigenvalue weighted by Crippen LogP contribution is 2.04. The second-order valence-corrected chi connectivity index (χ2v) is 4.69. The molecular formula is C13H25NO3. The standard InChI is InChI=1S/C13H25NO3/c1-5-8-17-11(4)6-7-13(16)14-12(9-15)10(2)3/h9-12H,5-8H2,1-4H3,(H,14,16). The summed E-state index contributed by atoms with van der Waals surface area (Å²) in [4.78, 5) is 22.3. The molecule has 0 aromatic rings. The predicted octanol–water partition coefficient (Wildman–Crippen LogP) is 1.92. The van der Waals surface area contributed by atoms with Crippen LogP contribution in [0.5, 0.6) is 0 Å². The molecule has 0 spiro atoms. The van der Waals surface area contributed by atoms with Crippen molar-refractivity contribution in [1.29, 1.82) is 0 Å². The summed E-state index contributed by atoms with van der Waals surface area (Å²) in [6, 6.07) is -0.380. The molecular weight excluding hydrogens is 218 g/mol. The first kappa shape index (κ1) is 16.1. The maximum absolute atomic E-state index is 11.6. The molecule has 1 amide bonds. The minimum absolute atomic E-state index is 0.0808. The molecule has 4 nitrogen and oxygen atoms in total. The lowest BCUT2D eigenvalue weighted by atomic mass is 10.1. The number of ether oxygens (including phenoxy) is 1. The number of carbonyl (C=O) groups is 2. The molecule has 0 aromatic carbocycles. The van der Waals surface area contributed by atoms with Crippen molar-refractivity contribution in [3.05, 3.63) is 0 Å². The third-order valence-corrected chi connectivity index (χ3v) is 2.58. The van der Waals surface area contributed by atoms with Crippen molar-refractivity contribution in [2.75, 3.05) is 6.61 Å². The number of amides is 1. The number of nitrogens with one attached hydrogen (secondary N) is 1. The van der Waals surface area contributed by atoms with Crippen molar-refractivity contribution in [2.24, 2.45) is 5.92 Å². The monoisotopic (exact) mass is 243 g/mol. The topological polar surface area (TPSA) is 55.4 Å². The van der Waals surface area contributed by atoms with Crippen LogP contribution in [0.3, 0.4) is 0 Å². The first-order valence-electron chi connectivity index (χ1n) is 6.37. The van der Waals surface area contributed by atoms with Gasteiger partial charge in [0.05, 0.1) is 12.1 Å². The molecule has 0 rings (SSSR count). The molecule has 0 saturated heterocycles. The quantitative estimate of drug-likeness (QED) is 0.629. The van der Waals surface area contributed by atoms with Gasteiger partial charge in [-0.1, -0.05) is 20.8 Å². The van der Waals surface area contributed by atoms with Gasteiger partial charge in [0.25, 0.3) is 0 Å². The van der Waals surface area contributed by atoms with Crippen LogP contribution in [0.25, 0.3) is 0 Å². The molecule has 0 aliphatic heterocycles. The van der Waals surface area contributed by atoms with Gasteiger partial charge in [-0.3, -0.25) is 4.79 Å². The van der Waals surface area contributed by atoms with Crippen molar-refractivity contribution in [1.82, 2.24) is 5.32 Å². The summed E-state index contributed by atoms with van der Waals surface area (Å²) >= 11 is 0. The highest BCUT2D eigenvalue weighted by atomic mass is 16.5. The first-order valence-corrected chi connectivity index (χ1v) is 6.37. The Morgan fingerprint density at radius 1 is 1.35 bits per heavy atom. The average Bonchev–Trinajstić information content (AvgIpc) is 2.30. The van der Waals surface area contributed by atoms with E-state index in [0.717, 1.165) is 19.3 Å². The molecule has 0 bridgehead atoms. The number of carbonyl (C=O) groups excluding carboxylic acids is 2. The molecule has 2 unspecified atom stereocenters. The van der Waals surface area contributed by atoms with E-state index < -0.39 is 0 Å². The van der Waals surface area contributed by atoms with E-state index in [1.807, 2.05) is 20.8 Å². The average molecular weight is 243 g/mol. The summed E-state index contributed by atoms with van der Waals surface area (Å²) < 4.78 is 5.47. The second-order valence-electron chi connectivity index (χ2n) is 4.69. The molecule has 1 N–H and O–H groups in total. The molecule has 0 aromatic heterocycles. The van der Waals surface area contributed by atoms with Crippen LogP contribution in [0.1, 0.15) is 47.0 Å². The van der Waals surface area contributed by atoms with Crippen molar-refractivity contribution >= 4 is 12.2 Å². The minimum Gasteiger partial charge on any atom is -0.379 e. The summed E-state index contributed by atoms with van der Waals surface area (Å²) in [5.74, 6) is 0.0490. The number of hydrogen-bond donors (Lipinski definition) is 1. The number of hydrogen-bond acceptors (Lipinski definition) is 3. The third-order valence-electron chi connectivity index (χ3n) is 2.58. The van der Waals surface area contributed by atoms with Crippen molar-refractivity contribution in [2.45, 2.75) is 59.1 Å². The van der Waals surface area contributed by atoms with Crippen LogP contribution in [0.4, 0.5) is 0 Å². The number of aldehydes is 1. The Labute approximate surface area is 104 Å². The molecule has 4 heteroatoms. The predicted molar refractivity (Wildman–Crippen MR) is 67.8 cm³/mol. The molecule has 0 fully saturated rings. The van der Waals surface area contributed by atoms with E-state index in [0.29, 0.717) is 12.8 Å². The Morgan fingerprint density at radius 2 is 2.00 bits per heavy atom. The summed E-state index contributed by atoms with van der Waals surface area (Å²) in [6.07, 6.45) is 2.96. The van der Waals surface area contributed by atoms with E-state index in [4.69, 9.17) is 4.74 Å². The van der Waals surface area contributed by atoms with Crippen LogP contribution in [0, 0.1) is 5.92 Å². The third kappa shape index (κ3) is 7.91. The first-order chi connectivity index (χ1) is 8.01.